The topological polar surface area (TPSA) is 114 Å². The van der Waals surface area contributed by atoms with Crippen LogP contribution in [-0.4, -0.2) is 28.4 Å². The van der Waals surface area contributed by atoms with Crippen molar-refractivity contribution in [3.63, 3.8) is 0 Å². The Balaban J connectivity index is 1.62. The van der Waals surface area contributed by atoms with Crippen LogP contribution in [0.25, 0.3) is 10.9 Å². The number of non-ortho nitro benzene ring substituents is 1. The van der Waals surface area contributed by atoms with Gasteiger partial charge in [0.15, 0.2) is 6.61 Å². The summed E-state index contributed by atoms with van der Waals surface area (Å²) in [6.07, 6.45) is 0. The lowest BCUT2D eigenvalue weighted by Crippen LogP contribution is -2.21. The molecule has 0 bridgehead atoms. The van der Waals surface area contributed by atoms with Gasteiger partial charge >= 0.3 is 5.97 Å². The van der Waals surface area contributed by atoms with Crippen molar-refractivity contribution in [2.24, 2.45) is 0 Å². The van der Waals surface area contributed by atoms with Crippen LogP contribution in [0.3, 0.4) is 0 Å². The number of carbonyl (C=O) groups is 2. The standard InChI is InChI=1S/C17H12BrN3O5/c18-11-1-3-12(4-2-11)19-16(22)9-26-17(23)15-8-10-7-13(21(24)25)5-6-14(10)20-15/h1-8,20H,9H2,(H,19,22). The van der Waals surface area contributed by atoms with Crippen molar-refractivity contribution in [1.82, 2.24) is 4.98 Å². The van der Waals surface area contributed by atoms with E-state index >= 15 is 0 Å². The van der Waals surface area contributed by atoms with Gasteiger partial charge in [0.1, 0.15) is 5.69 Å². The molecule has 0 unspecified atom stereocenters. The Kier molecular flexibility index (Phi) is 4.99. The second kappa shape index (κ2) is 7.36. The molecule has 26 heavy (non-hydrogen) atoms. The molecule has 2 aromatic carbocycles. The summed E-state index contributed by atoms with van der Waals surface area (Å²) in [5.74, 6) is -1.21. The lowest BCUT2D eigenvalue weighted by molar-refractivity contribution is -0.384. The number of fused-ring (bicyclic) bond motifs is 1. The molecule has 1 aromatic heterocycles. The Morgan fingerprint density at radius 3 is 2.58 bits per heavy atom. The minimum Gasteiger partial charge on any atom is -0.451 e. The summed E-state index contributed by atoms with van der Waals surface area (Å²) in [4.78, 5) is 37.0. The van der Waals surface area contributed by atoms with Gasteiger partial charge in [-0.3, -0.25) is 14.9 Å². The first-order chi connectivity index (χ1) is 12.4. The largest absolute Gasteiger partial charge is 0.451 e. The van der Waals surface area contributed by atoms with E-state index in [1.54, 1.807) is 24.3 Å². The number of ether oxygens (including phenoxy) is 1. The Morgan fingerprint density at radius 1 is 1.15 bits per heavy atom. The van der Waals surface area contributed by atoms with Gasteiger partial charge in [0.25, 0.3) is 11.6 Å². The second-order valence-corrected chi connectivity index (χ2v) is 6.26. The molecule has 0 radical (unpaired) electrons. The average molecular weight is 418 g/mol. The third kappa shape index (κ3) is 4.06. The number of nitrogens with one attached hydrogen (secondary N) is 2. The van der Waals surface area contributed by atoms with E-state index < -0.39 is 23.4 Å². The number of aromatic amines is 1. The van der Waals surface area contributed by atoms with Gasteiger partial charge < -0.3 is 15.0 Å². The van der Waals surface area contributed by atoms with Gasteiger partial charge in [0.05, 0.1) is 4.92 Å². The molecular formula is C17H12BrN3O5. The third-order valence-corrected chi connectivity index (χ3v) is 4.03. The van der Waals surface area contributed by atoms with Gasteiger partial charge in [-0.25, -0.2) is 4.79 Å². The Labute approximate surface area is 155 Å². The maximum atomic E-state index is 12.1. The fourth-order valence-electron chi connectivity index (χ4n) is 2.28. The lowest BCUT2D eigenvalue weighted by Gasteiger charge is -2.06. The summed E-state index contributed by atoms with van der Waals surface area (Å²) in [7, 11) is 0. The fraction of sp³-hybridized carbons (Fsp3) is 0.0588. The van der Waals surface area contributed by atoms with Gasteiger partial charge in [-0.2, -0.15) is 0 Å². The average Bonchev–Trinajstić information content (AvgIpc) is 3.05. The van der Waals surface area contributed by atoms with Gasteiger partial charge in [-0.15, -0.1) is 0 Å². The number of H-pyrrole nitrogens is 1. The molecule has 0 aliphatic rings. The van der Waals surface area contributed by atoms with Crippen molar-refractivity contribution in [3.05, 3.63) is 68.8 Å². The van der Waals surface area contributed by atoms with Crippen LogP contribution in [-0.2, 0) is 9.53 Å². The fourth-order valence-corrected chi connectivity index (χ4v) is 2.55. The van der Waals surface area contributed by atoms with Crippen molar-refractivity contribution in [2.75, 3.05) is 11.9 Å². The van der Waals surface area contributed by atoms with Crippen LogP contribution in [0.15, 0.2) is 53.0 Å². The Hall–Kier alpha value is -3.20. The zero-order chi connectivity index (χ0) is 18.7. The van der Waals surface area contributed by atoms with Crippen LogP contribution in [0.4, 0.5) is 11.4 Å². The molecule has 0 fully saturated rings. The quantitative estimate of drug-likeness (QED) is 0.373. The number of esters is 1. The molecule has 3 aromatic rings. The normalized spacial score (nSPS) is 10.5. The zero-order valence-corrected chi connectivity index (χ0v) is 14.8. The van der Waals surface area contributed by atoms with Crippen LogP contribution in [0.1, 0.15) is 10.5 Å². The smallest absolute Gasteiger partial charge is 0.355 e. The van der Waals surface area contributed by atoms with Crippen LogP contribution in [0.2, 0.25) is 0 Å². The third-order valence-electron chi connectivity index (χ3n) is 3.50. The lowest BCUT2D eigenvalue weighted by atomic mass is 10.2. The molecule has 9 heteroatoms. The summed E-state index contributed by atoms with van der Waals surface area (Å²) in [6, 6.07) is 12.6. The number of rotatable bonds is 5. The first-order valence-corrected chi connectivity index (χ1v) is 8.21. The van der Waals surface area contributed by atoms with Crippen LogP contribution < -0.4 is 5.32 Å². The maximum Gasteiger partial charge on any atom is 0.355 e. The van der Waals surface area contributed by atoms with E-state index in [2.05, 4.69) is 26.2 Å². The minimum absolute atomic E-state index is 0.0784. The van der Waals surface area contributed by atoms with Gasteiger partial charge in [0, 0.05) is 33.2 Å². The number of halogens is 1. The van der Waals surface area contributed by atoms with E-state index in [4.69, 9.17) is 4.74 Å². The van der Waals surface area contributed by atoms with E-state index in [9.17, 15) is 19.7 Å². The van der Waals surface area contributed by atoms with E-state index in [1.165, 1.54) is 24.3 Å². The predicted molar refractivity (Wildman–Crippen MR) is 98.0 cm³/mol. The number of nitro benzene ring substituents is 1. The number of amides is 1. The molecule has 0 spiro atoms. The van der Waals surface area contributed by atoms with Crippen molar-refractivity contribution in [2.45, 2.75) is 0 Å². The van der Waals surface area contributed by atoms with Crippen LogP contribution in [0, 0.1) is 10.1 Å². The Bertz CT molecular complexity index is 997. The molecule has 132 valence electrons. The first-order valence-electron chi connectivity index (χ1n) is 7.42. The summed E-state index contributed by atoms with van der Waals surface area (Å²) in [5, 5.41) is 13.9. The SMILES string of the molecule is O=C(COC(=O)c1cc2cc([N+](=O)[O-])ccc2[nH]1)Nc1ccc(Br)cc1. The van der Waals surface area contributed by atoms with Crippen molar-refractivity contribution >= 4 is 50.1 Å². The van der Waals surface area contributed by atoms with Gasteiger partial charge in [-0.1, -0.05) is 15.9 Å². The molecule has 3 rings (SSSR count). The molecule has 1 heterocycles. The summed E-state index contributed by atoms with van der Waals surface area (Å²) >= 11 is 3.29. The van der Waals surface area contributed by atoms with Gasteiger partial charge in [0.2, 0.25) is 0 Å². The van der Waals surface area contributed by atoms with E-state index in [-0.39, 0.29) is 11.4 Å². The molecule has 2 N–H and O–H groups in total. The summed E-state index contributed by atoms with van der Waals surface area (Å²) in [6.45, 7) is -0.454. The van der Waals surface area contributed by atoms with Crippen molar-refractivity contribution in [1.29, 1.82) is 0 Å². The molecule has 0 aliphatic carbocycles. The molecule has 0 aliphatic heterocycles. The highest BCUT2D eigenvalue weighted by atomic mass is 79.9. The highest BCUT2D eigenvalue weighted by Crippen LogP contribution is 2.22. The van der Waals surface area contributed by atoms with Gasteiger partial charge in [-0.05, 0) is 36.4 Å². The van der Waals surface area contributed by atoms with Crippen LogP contribution >= 0.6 is 15.9 Å². The Morgan fingerprint density at radius 2 is 1.88 bits per heavy atom. The van der Waals surface area contributed by atoms with Crippen molar-refractivity contribution < 1.29 is 19.2 Å². The number of nitrogens with zero attached hydrogens (tertiary/aromatic N) is 1. The van der Waals surface area contributed by atoms with E-state index in [0.717, 1.165) is 4.47 Å². The van der Waals surface area contributed by atoms with Crippen molar-refractivity contribution in [3.8, 4) is 0 Å². The minimum atomic E-state index is -0.727. The number of anilines is 1. The molecule has 0 atom stereocenters. The maximum absolute atomic E-state index is 12.1. The molecular weight excluding hydrogens is 406 g/mol. The molecule has 0 saturated carbocycles. The monoisotopic (exact) mass is 417 g/mol. The van der Waals surface area contributed by atoms with Crippen LogP contribution in [0.5, 0.6) is 0 Å². The summed E-state index contributed by atoms with van der Waals surface area (Å²) < 4.78 is 5.84. The number of benzene rings is 2. The zero-order valence-electron chi connectivity index (χ0n) is 13.2. The number of hydrogen-bond acceptors (Lipinski definition) is 5. The van der Waals surface area contributed by atoms with E-state index in [1.807, 2.05) is 0 Å². The summed E-state index contributed by atoms with van der Waals surface area (Å²) in [5.41, 5.74) is 1.16. The molecule has 0 saturated heterocycles. The number of aromatic nitrogens is 1. The highest BCUT2D eigenvalue weighted by molar-refractivity contribution is 9.10. The molecule has 1 amide bonds. The second-order valence-electron chi connectivity index (χ2n) is 5.34. The molecule has 8 nitrogen and oxygen atoms in total. The number of nitro groups is 1. The first kappa shape index (κ1) is 17.6. The predicted octanol–water partition coefficient (Wildman–Crippen LogP) is 3.63. The van der Waals surface area contributed by atoms with E-state index in [0.29, 0.717) is 16.6 Å². The number of hydrogen-bond donors (Lipinski definition) is 2. The number of carbonyl (C=O) groups excluding carboxylic acids is 2. The highest BCUT2D eigenvalue weighted by Gasteiger charge is 2.15.